The van der Waals surface area contributed by atoms with Gasteiger partial charge in [-0.05, 0) is 31.2 Å². The van der Waals surface area contributed by atoms with Gasteiger partial charge < -0.3 is 5.32 Å². The molecule has 2 rings (SSSR count). The van der Waals surface area contributed by atoms with Crippen LogP contribution < -0.4 is 5.32 Å². The monoisotopic (exact) mass is 238 g/mol. The highest BCUT2D eigenvalue weighted by atomic mass is 15.3. The smallest absolute Gasteiger partial charge is 0.0334 e. The van der Waals surface area contributed by atoms with Gasteiger partial charge in [0, 0.05) is 25.2 Å². The first-order valence-electron chi connectivity index (χ1n) is 7.48. The first-order chi connectivity index (χ1) is 8.02. The number of hydrogen-bond acceptors (Lipinski definition) is 2. The van der Waals surface area contributed by atoms with Gasteiger partial charge in [0.25, 0.3) is 0 Å². The van der Waals surface area contributed by atoms with Crippen LogP contribution in [0.3, 0.4) is 0 Å². The topological polar surface area (TPSA) is 15.3 Å². The van der Waals surface area contributed by atoms with Gasteiger partial charge in [0.15, 0.2) is 0 Å². The summed E-state index contributed by atoms with van der Waals surface area (Å²) in [5.74, 6) is 0. The lowest BCUT2D eigenvalue weighted by Gasteiger charge is -2.50. The fourth-order valence-electron chi connectivity index (χ4n) is 3.41. The first kappa shape index (κ1) is 13.4. The van der Waals surface area contributed by atoms with Crippen LogP contribution in [0.1, 0.15) is 59.3 Å². The Hall–Kier alpha value is -0.0800. The van der Waals surface area contributed by atoms with Crippen molar-refractivity contribution in [1.82, 2.24) is 10.2 Å². The third-order valence-corrected chi connectivity index (χ3v) is 4.60. The summed E-state index contributed by atoms with van der Waals surface area (Å²) in [7, 11) is 0. The minimum Gasteiger partial charge on any atom is -0.314 e. The van der Waals surface area contributed by atoms with Crippen molar-refractivity contribution in [3.8, 4) is 0 Å². The van der Waals surface area contributed by atoms with Crippen LogP contribution in [-0.2, 0) is 0 Å². The van der Waals surface area contributed by atoms with Gasteiger partial charge in [-0.3, -0.25) is 4.90 Å². The fraction of sp³-hybridized carbons (Fsp3) is 1.00. The predicted octanol–water partition coefficient (Wildman–Crippen LogP) is 3.03. The van der Waals surface area contributed by atoms with Crippen molar-refractivity contribution in [2.45, 2.75) is 64.8 Å². The molecule has 17 heavy (non-hydrogen) atoms. The zero-order valence-corrected chi connectivity index (χ0v) is 12.0. The summed E-state index contributed by atoms with van der Waals surface area (Å²) in [6, 6.07) is 0. The predicted molar refractivity (Wildman–Crippen MR) is 74.3 cm³/mol. The van der Waals surface area contributed by atoms with Crippen LogP contribution in [0.4, 0.5) is 0 Å². The second kappa shape index (κ2) is 5.27. The minimum atomic E-state index is 0.473. The molecule has 1 aliphatic heterocycles. The summed E-state index contributed by atoms with van der Waals surface area (Å²) in [4.78, 5) is 2.81. The molecule has 0 radical (unpaired) electrons. The molecule has 0 atom stereocenters. The molecule has 2 heteroatoms. The molecule has 1 aliphatic carbocycles. The van der Waals surface area contributed by atoms with Gasteiger partial charge in [0.2, 0.25) is 0 Å². The molecular formula is C15H30N2. The van der Waals surface area contributed by atoms with E-state index >= 15 is 0 Å². The lowest BCUT2D eigenvalue weighted by atomic mass is 9.78. The van der Waals surface area contributed by atoms with E-state index in [1.54, 1.807) is 0 Å². The van der Waals surface area contributed by atoms with E-state index in [0.29, 0.717) is 11.0 Å². The summed E-state index contributed by atoms with van der Waals surface area (Å²) in [5.41, 5.74) is 0.989. The number of rotatable bonds is 2. The van der Waals surface area contributed by atoms with Crippen LogP contribution in [0.15, 0.2) is 0 Å². The van der Waals surface area contributed by atoms with E-state index in [0.717, 1.165) is 0 Å². The van der Waals surface area contributed by atoms with Crippen molar-refractivity contribution < 1.29 is 0 Å². The summed E-state index contributed by atoms with van der Waals surface area (Å²) in [5, 5.41) is 3.63. The van der Waals surface area contributed by atoms with E-state index in [1.165, 1.54) is 64.7 Å². The van der Waals surface area contributed by atoms with Crippen LogP contribution >= 0.6 is 0 Å². The van der Waals surface area contributed by atoms with Crippen molar-refractivity contribution in [1.29, 1.82) is 0 Å². The maximum Gasteiger partial charge on any atom is 0.0334 e. The fourth-order valence-corrected chi connectivity index (χ4v) is 3.41. The third kappa shape index (κ3) is 3.45. The Kier molecular flexibility index (Phi) is 4.14. The van der Waals surface area contributed by atoms with Crippen molar-refractivity contribution in [2.24, 2.45) is 5.41 Å². The average Bonchev–Trinajstić information content (AvgIpc) is 2.28. The molecule has 2 aliphatic rings. The normalized spacial score (nSPS) is 26.3. The Balaban J connectivity index is 1.96. The van der Waals surface area contributed by atoms with Crippen LogP contribution in [-0.4, -0.2) is 36.6 Å². The molecule has 0 bridgehead atoms. The number of nitrogens with one attached hydrogen (secondary N) is 1. The average molecular weight is 238 g/mol. The summed E-state index contributed by atoms with van der Waals surface area (Å²) in [6.07, 6.45) is 8.50. The molecule has 0 aromatic heterocycles. The van der Waals surface area contributed by atoms with E-state index in [2.05, 4.69) is 31.0 Å². The Labute approximate surface area is 107 Å². The quantitative estimate of drug-likeness (QED) is 0.795. The standard InChI is InChI=1S/C15H30N2/c1-14(2,3)9-11-17-12-10-16-13-15(17)7-5-4-6-8-15/h16H,4-13H2,1-3H3. The van der Waals surface area contributed by atoms with E-state index < -0.39 is 0 Å². The van der Waals surface area contributed by atoms with Gasteiger partial charge in [-0.1, -0.05) is 40.0 Å². The SMILES string of the molecule is CC(C)(C)CCN1CCNCC12CCCCC2. The van der Waals surface area contributed by atoms with Crippen molar-refractivity contribution >= 4 is 0 Å². The van der Waals surface area contributed by atoms with Gasteiger partial charge in [-0.2, -0.15) is 0 Å². The van der Waals surface area contributed by atoms with Crippen molar-refractivity contribution in [3.63, 3.8) is 0 Å². The van der Waals surface area contributed by atoms with Crippen LogP contribution in [0, 0.1) is 5.41 Å². The molecular weight excluding hydrogens is 208 g/mol. The highest BCUT2D eigenvalue weighted by Crippen LogP contribution is 2.35. The van der Waals surface area contributed by atoms with Gasteiger partial charge >= 0.3 is 0 Å². The lowest BCUT2D eigenvalue weighted by molar-refractivity contribution is 0.0201. The summed E-state index contributed by atoms with van der Waals surface area (Å²) in [6.45, 7) is 12.1. The maximum absolute atomic E-state index is 3.63. The van der Waals surface area contributed by atoms with E-state index in [-0.39, 0.29) is 0 Å². The molecule has 0 unspecified atom stereocenters. The zero-order chi connectivity index (χ0) is 12.4. The van der Waals surface area contributed by atoms with Crippen LogP contribution in [0.25, 0.3) is 0 Å². The van der Waals surface area contributed by atoms with Crippen molar-refractivity contribution in [3.05, 3.63) is 0 Å². The molecule has 0 aromatic rings. The summed E-state index contributed by atoms with van der Waals surface area (Å²) < 4.78 is 0. The zero-order valence-electron chi connectivity index (χ0n) is 12.0. The number of nitrogens with zero attached hydrogens (tertiary/aromatic N) is 1. The molecule has 0 amide bonds. The van der Waals surface area contributed by atoms with Gasteiger partial charge in [-0.25, -0.2) is 0 Å². The number of piperazine rings is 1. The van der Waals surface area contributed by atoms with Crippen LogP contribution in [0.5, 0.6) is 0 Å². The van der Waals surface area contributed by atoms with Gasteiger partial charge in [0.05, 0.1) is 0 Å². The molecule has 1 saturated carbocycles. The molecule has 1 heterocycles. The Bertz CT molecular complexity index is 228. The highest BCUT2D eigenvalue weighted by molar-refractivity contribution is 4.98. The molecule has 100 valence electrons. The molecule has 1 spiro atoms. The maximum atomic E-state index is 3.63. The Morgan fingerprint density at radius 2 is 1.82 bits per heavy atom. The van der Waals surface area contributed by atoms with E-state index in [4.69, 9.17) is 0 Å². The molecule has 2 fully saturated rings. The molecule has 1 N–H and O–H groups in total. The minimum absolute atomic E-state index is 0.473. The molecule has 1 saturated heterocycles. The largest absolute Gasteiger partial charge is 0.314 e. The second-order valence-corrected chi connectivity index (χ2v) is 7.26. The summed E-state index contributed by atoms with van der Waals surface area (Å²) >= 11 is 0. The first-order valence-corrected chi connectivity index (χ1v) is 7.48. The van der Waals surface area contributed by atoms with Gasteiger partial charge in [-0.15, -0.1) is 0 Å². The second-order valence-electron chi connectivity index (χ2n) is 7.26. The van der Waals surface area contributed by atoms with E-state index in [1.807, 2.05) is 0 Å². The highest BCUT2D eigenvalue weighted by Gasteiger charge is 2.39. The lowest BCUT2D eigenvalue weighted by Crippen LogP contribution is -2.62. The van der Waals surface area contributed by atoms with Gasteiger partial charge in [0.1, 0.15) is 0 Å². The van der Waals surface area contributed by atoms with Crippen molar-refractivity contribution in [2.75, 3.05) is 26.2 Å². The third-order valence-electron chi connectivity index (χ3n) is 4.60. The van der Waals surface area contributed by atoms with Crippen LogP contribution in [0.2, 0.25) is 0 Å². The Morgan fingerprint density at radius 1 is 1.12 bits per heavy atom. The number of hydrogen-bond donors (Lipinski definition) is 1. The molecule has 0 aromatic carbocycles. The van der Waals surface area contributed by atoms with E-state index in [9.17, 15) is 0 Å². The molecule has 2 nitrogen and oxygen atoms in total. The Morgan fingerprint density at radius 3 is 2.47 bits per heavy atom.